The standard InChI is InChI=1S/C12H17BrOS/c13-12-7-3-2-6-11(12)10-14-8-4-1-5-9-15/h2-3,6-7,15H,1,4-5,8-10H2. The first-order valence-electron chi connectivity index (χ1n) is 5.26. The van der Waals surface area contributed by atoms with Crippen LogP contribution in [-0.4, -0.2) is 12.4 Å². The van der Waals surface area contributed by atoms with Gasteiger partial charge >= 0.3 is 0 Å². The van der Waals surface area contributed by atoms with E-state index in [9.17, 15) is 0 Å². The van der Waals surface area contributed by atoms with Crippen LogP contribution in [0.4, 0.5) is 0 Å². The maximum atomic E-state index is 5.59. The van der Waals surface area contributed by atoms with Crippen LogP contribution in [0.1, 0.15) is 24.8 Å². The molecule has 1 nitrogen and oxygen atoms in total. The number of hydrogen-bond donors (Lipinski definition) is 1. The topological polar surface area (TPSA) is 9.23 Å². The number of thiol groups is 1. The molecule has 15 heavy (non-hydrogen) atoms. The zero-order valence-electron chi connectivity index (χ0n) is 8.79. The van der Waals surface area contributed by atoms with E-state index in [2.05, 4.69) is 34.6 Å². The van der Waals surface area contributed by atoms with Crippen molar-refractivity contribution in [2.75, 3.05) is 12.4 Å². The quantitative estimate of drug-likeness (QED) is 0.588. The van der Waals surface area contributed by atoms with E-state index in [1.54, 1.807) is 0 Å². The molecule has 1 aromatic carbocycles. The molecule has 0 aromatic heterocycles. The molecule has 84 valence electrons. The molecule has 0 aliphatic rings. The highest BCUT2D eigenvalue weighted by molar-refractivity contribution is 9.10. The molecule has 0 fully saturated rings. The van der Waals surface area contributed by atoms with Gasteiger partial charge in [-0.05, 0) is 30.2 Å². The first kappa shape index (κ1) is 13.1. The van der Waals surface area contributed by atoms with Crippen LogP contribution in [0.2, 0.25) is 0 Å². The van der Waals surface area contributed by atoms with Gasteiger partial charge in [0.05, 0.1) is 6.61 Å². The molecule has 0 saturated carbocycles. The summed E-state index contributed by atoms with van der Waals surface area (Å²) in [6.07, 6.45) is 3.52. The highest BCUT2D eigenvalue weighted by atomic mass is 79.9. The fourth-order valence-electron chi connectivity index (χ4n) is 1.29. The lowest BCUT2D eigenvalue weighted by Crippen LogP contribution is -1.96. The molecular weight excluding hydrogens is 272 g/mol. The Bertz CT molecular complexity index is 278. The average molecular weight is 289 g/mol. The Morgan fingerprint density at radius 3 is 2.67 bits per heavy atom. The summed E-state index contributed by atoms with van der Waals surface area (Å²) in [7, 11) is 0. The van der Waals surface area contributed by atoms with Crippen LogP contribution in [0.3, 0.4) is 0 Å². The van der Waals surface area contributed by atoms with Crippen molar-refractivity contribution in [1.29, 1.82) is 0 Å². The largest absolute Gasteiger partial charge is 0.377 e. The maximum Gasteiger partial charge on any atom is 0.0727 e. The lowest BCUT2D eigenvalue weighted by molar-refractivity contribution is 0.117. The number of unbranched alkanes of at least 4 members (excludes halogenated alkanes) is 2. The summed E-state index contributed by atoms with van der Waals surface area (Å²) in [5.41, 5.74) is 1.21. The van der Waals surface area contributed by atoms with Crippen LogP contribution in [0, 0.1) is 0 Å². The third-order valence-electron chi connectivity index (χ3n) is 2.16. The number of benzene rings is 1. The van der Waals surface area contributed by atoms with E-state index in [0.717, 1.165) is 23.3 Å². The summed E-state index contributed by atoms with van der Waals surface area (Å²) in [5, 5.41) is 0. The molecule has 0 saturated heterocycles. The van der Waals surface area contributed by atoms with E-state index in [-0.39, 0.29) is 0 Å². The van der Waals surface area contributed by atoms with E-state index in [0.29, 0.717) is 6.61 Å². The second-order valence-corrected chi connectivity index (χ2v) is 4.73. The van der Waals surface area contributed by atoms with E-state index in [4.69, 9.17) is 4.74 Å². The van der Waals surface area contributed by atoms with Crippen molar-refractivity contribution in [3.05, 3.63) is 34.3 Å². The van der Waals surface area contributed by atoms with Gasteiger partial charge in [0.15, 0.2) is 0 Å². The lowest BCUT2D eigenvalue weighted by atomic mass is 10.2. The Morgan fingerprint density at radius 2 is 1.93 bits per heavy atom. The smallest absolute Gasteiger partial charge is 0.0727 e. The minimum Gasteiger partial charge on any atom is -0.377 e. The zero-order chi connectivity index (χ0) is 10.9. The molecule has 3 heteroatoms. The fourth-order valence-corrected chi connectivity index (χ4v) is 1.91. The van der Waals surface area contributed by atoms with Crippen molar-refractivity contribution in [2.45, 2.75) is 25.9 Å². The van der Waals surface area contributed by atoms with Crippen molar-refractivity contribution < 1.29 is 4.74 Å². The van der Waals surface area contributed by atoms with Gasteiger partial charge in [-0.3, -0.25) is 0 Å². The van der Waals surface area contributed by atoms with Crippen LogP contribution in [0.5, 0.6) is 0 Å². The highest BCUT2D eigenvalue weighted by Gasteiger charge is 1.97. The molecule has 0 heterocycles. The molecular formula is C12H17BrOS. The van der Waals surface area contributed by atoms with Gasteiger partial charge in [0.25, 0.3) is 0 Å². The van der Waals surface area contributed by atoms with Crippen molar-refractivity contribution in [1.82, 2.24) is 0 Å². The maximum absolute atomic E-state index is 5.59. The molecule has 0 aliphatic carbocycles. The third kappa shape index (κ3) is 5.59. The predicted molar refractivity (Wildman–Crippen MR) is 71.5 cm³/mol. The summed E-state index contributed by atoms with van der Waals surface area (Å²) >= 11 is 7.67. The van der Waals surface area contributed by atoms with Crippen LogP contribution in [-0.2, 0) is 11.3 Å². The molecule has 0 atom stereocenters. The summed E-state index contributed by atoms with van der Waals surface area (Å²) in [5.74, 6) is 0.976. The summed E-state index contributed by atoms with van der Waals surface area (Å²) in [4.78, 5) is 0. The minimum atomic E-state index is 0.697. The Morgan fingerprint density at radius 1 is 1.13 bits per heavy atom. The van der Waals surface area contributed by atoms with Crippen molar-refractivity contribution >= 4 is 28.6 Å². The van der Waals surface area contributed by atoms with Crippen molar-refractivity contribution in [3.63, 3.8) is 0 Å². The van der Waals surface area contributed by atoms with E-state index in [1.165, 1.54) is 18.4 Å². The molecule has 0 radical (unpaired) electrons. The normalized spacial score (nSPS) is 10.5. The van der Waals surface area contributed by atoms with Crippen molar-refractivity contribution in [2.24, 2.45) is 0 Å². The Kier molecular flexibility index (Phi) is 7.14. The first-order chi connectivity index (χ1) is 7.34. The Labute approximate surface area is 106 Å². The van der Waals surface area contributed by atoms with Crippen LogP contribution in [0.15, 0.2) is 28.7 Å². The average Bonchev–Trinajstić information content (AvgIpc) is 2.25. The van der Waals surface area contributed by atoms with Gasteiger partial charge in [0.1, 0.15) is 0 Å². The molecule has 0 bridgehead atoms. The molecule has 1 rings (SSSR count). The second kappa shape index (κ2) is 8.20. The van der Waals surface area contributed by atoms with Gasteiger partial charge in [0, 0.05) is 11.1 Å². The van der Waals surface area contributed by atoms with E-state index < -0.39 is 0 Å². The summed E-state index contributed by atoms with van der Waals surface area (Å²) in [6.45, 7) is 1.54. The van der Waals surface area contributed by atoms with Crippen molar-refractivity contribution in [3.8, 4) is 0 Å². The number of ether oxygens (including phenoxy) is 1. The molecule has 0 amide bonds. The van der Waals surface area contributed by atoms with Crippen LogP contribution < -0.4 is 0 Å². The number of rotatable bonds is 7. The third-order valence-corrected chi connectivity index (χ3v) is 3.25. The van der Waals surface area contributed by atoms with E-state index in [1.807, 2.05) is 18.2 Å². The number of halogens is 1. The summed E-state index contributed by atoms with van der Waals surface area (Å²) < 4.78 is 6.72. The Hall–Kier alpha value is 0.01000. The van der Waals surface area contributed by atoms with Gasteiger partial charge in [-0.25, -0.2) is 0 Å². The molecule has 0 spiro atoms. The van der Waals surface area contributed by atoms with Gasteiger partial charge < -0.3 is 4.74 Å². The molecule has 0 unspecified atom stereocenters. The van der Waals surface area contributed by atoms with E-state index >= 15 is 0 Å². The zero-order valence-corrected chi connectivity index (χ0v) is 11.3. The first-order valence-corrected chi connectivity index (χ1v) is 6.69. The number of hydrogen-bond acceptors (Lipinski definition) is 2. The predicted octanol–water partition coefficient (Wildman–Crippen LogP) is 4.07. The van der Waals surface area contributed by atoms with Gasteiger partial charge in [-0.2, -0.15) is 12.6 Å². The van der Waals surface area contributed by atoms with Gasteiger partial charge in [0.2, 0.25) is 0 Å². The summed E-state index contributed by atoms with van der Waals surface area (Å²) in [6, 6.07) is 8.17. The molecule has 0 N–H and O–H groups in total. The monoisotopic (exact) mass is 288 g/mol. The SMILES string of the molecule is SCCCCCOCc1ccccc1Br. The van der Waals surface area contributed by atoms with Crippen LogP contribution >= 0.6 is 28.6 Å². The van der Waals surface area contributed by atoms with Crippen LogP contribution in [0.25, 0.3) is 0 Å². The molecule has 1 aromatic rings. The Balaban J connectivity index is 2.12. The minimum absolute atomic E-state index is 0.697. The highest BCUT2D eigenvalue weighted by Crippen LogP contribution is 2.16. The lowest BCUT2D eigenvalue weighted by Gasteiger charge is -2.05. The van der Waals surface area contributed by atoms with Gasteiger partial charge in [-0.1, -0.05) is 40.5 Å². The fraction of sp³-hybridized carbons (Fsp3) is 0.500. The van der Waals surface area contributed by atoms with Gasteiger partial charge in [-0.15, -0.1) is 0 Å². The molecule has 0 aliphatic heterocycles. The second-order valence-electron chi connectivity index (χ2n) is 3.43.